The van der Waals surface area contributed by atoms with Crippen LogP contribution in [0.25, 0.3) is 0 Å². The third kappa shape index (κ3) is 1.73. The van der Waals surface area contributed by atoms with E-state index < -0.39 is 0 Å². The molecule has 2 N–H and O–H groups in total. The normalized spacial score (nSPS) is 25.9. The second-order valence-electron chi connectivity index (χ2n) is 5.51. The fraction of sp³-hybridized carbons (Fsp3) is 0.692. The molecule has 2 aliphatic rings. The Morgan fingerprint density at radius 1 is 1.61 bits per heavy atom. The molecule has 1 atom stereocenters. The van der Waals surface area contributed by atoms with E-state index in [-0.39, 0.29) is 17.3 Å². The second-order valence-corrected chi connectivity index (χ2v) is 5.51. The maximum absolute atomic E-state index is 12.5. The summed E-state index contributed by atoms with van der Waals surface area (Å²) < 4.78 is 7.40. The van der Waals surface area contributed by atoms with Gasteiger partial charge in [0.2, 0.25) is 0 Å². The molecule has 2 fully saturated rings. The Morgan fingerprint density at radius 2 is 2.39 bits per heavy atom. The van der Waals surface area contributed by atoms with E-state index in [4.69, 9.17) is 10.5 Å². The molecule has 2 heterocycles. The van der Waals surface area contributed by atoms with E-state index in [0.29, 0.717) is 18.0 Å². The molecule has 5 heteroatoms. The van der Waals surface area contributed by atoms with Gasteiger partial charge in [-0.1, -0.05) is 0 Å². The van der Waals surface area contributed by atoms with Gasteiger partial charge in [-0.2, -0.15) is 5.10 Å². The summed E-state index contributed by atoms with van der Waals surface area (Å²) in [6, 6.07) is 0. The molecule has 98 valence electrons. The van der Waals surface area contributed by atoms with E-state index in [9.17, 15) is 4.79 Å². The van der Waals surface area contributed by atoms with Gasteiger partial charge in [0.25, 0.3) is 0 Å². The van der Waals surface area contributed by atoms with Crippen LogP contribution in [0.4, 0.5) is 5.82 Å². The molecule has 1 saturated heterocycles. The highest BCUT2D eigenvalue weighted by atomic mass is 16.5. The average molecular weight is 249 g/mol. The number of nitrogen functional groups attached to an aromatic ring is 1. The summed E-state index contributed by atoms with van der Waals surface area (Å²) in [7, 11) is 1.75. The van der Waals surface area contributed by atoms with Crippen molar-refractivity contribution in [3.05, 3.63) is 11.8 Å². The Morgan fingerprint density at radius 3 is 2.94 bits per heavy atom. The maximum atomic E-state index is 12.5. The zero-order valence-corrected chi connectivity index (χ0v) is 10.7. The van der Waals surface area contributed by atoms with Gasteiger partial charge in [0.05, 0.1) is 17.4 Å². The summed E-state index contributed by atoms with van der Waals surface area (Å²) in [6.45, 7) is 0.691. The van der Waals surface area contributed by atoms with E-state index in [1.54, 1.807) is 17.9 Å². The smallest absolute Gasteiger partial charge is 0.171 e. The van der Waals surface area contributed by atoms with Crippen LogP contribution in [-0.4, -0.2) is 27.8 Å². The third-order valence-corrected chi connectivity index (χ3v) is 4.38. The van der Waals surface area contributed by atoms with Crippen molar-refractivity contribution in [2.45, 2.75) is 37.7 Å². The van der Waals surface area contributed by atoms with Gasteiger partial charge in [0.1, 0.15) is 5.82 Å². The molecule has 5 nitrogen and oxygen atoms in total. The Kier molecular flexibility index (Phi) is 2.66. The Labute approximate surface area is 106 Å². The summed E-state index contributed by atoms with van der Waals surface area (Å²) >= 11 is 0. The Balaban J connectivity index is 1.78. The number of ether oxygens (including phenoxy) is 1. The first-order valence-electron chi connectivity index (χ1n) is 6.57. The van der Waals surface area contributed by atoms with Crippen molar-refractivity contribution >= 4 is 11.6 Å². The number of ketones is 1. The van der Waals surface area contributed by atoms with Crippen molar-refractivity contribution in [1.29, 1.82) is 0 Å². The zero-order valence-electron chi connectivity index (χ0n) is 10.7. The van der Waals surface area contributed by atoms with Crippen LogP contribution in [0.2, 0.25) is 0 Å². The highest BCUT2D eigenvalue weighted by molar-refractivity contribution is 6.01. The van der Waals surface area contributed by atoms with Crippen molar-refractivity contribution in [3.8, 4) is 0 Å². The minimum atomic E-state index is -0.00442. The molecule has 1 saturated carbocycles. The van der Waals surface area contributed by atoms with E-state index >= 15 is 0 Å². The molecule has 1 aliphatic carbocycles. The molecule has 18 heavy (non-hydrogen) atoms. The number of carbonyl (C=O) groups excluding carboxylic acids is 1. The molecule has 1 spiro atoms. The minimum Gasteiger partial charge on any atom is -0.383 e. The van der Waals surface area contributed by atoms with Crippen LogP contribution in [0.1, 0.15) is 42.5 Å². The van der Waals surface area contributed by atoms with Crippen molar-refractivity contribution in [1.82, 2.24) is 9.78 Å². The molecule has 1 aliphatic heterocycles. The molecule has 0 amide bonds. The number of rotatable bonds is 2. The first kappa shape index (κ1) is 11.7. The molecule has 3 rings (SSSR count). The number of Topliss-reactive ketones (excluding diaryl/α,β-unsaturated/α-hetero) is 1. The van der Waals surface area contributed by atoms with Crippen LogP contribution in [0.3, 0.4) is 0 Å². The zero-order chi connectivity index (χ0) is 12.8. The number of aryl methyl sites for hydroxylation is 1. The van der Waals surface area contributed by atoms with E-state index in [1.165, 1.54) is 6.42 Å². The quantitative estimate of drug-likeness (QED) is 0.807. The van der Waals surface area contributed by atoms with Gasteiger partial charge in [-0.15, -0.1) is 0 Å². The van der Waals surface area contributed by atoms with Gasteiger partial charge in [-0.3, -0.25) is 9.48 Å². The Hall–Kier alpha value is -1.36. The second kappa shape index (κ2) is 4.09. The molecule has 0 aromatic carbocycles. The molecule has 0 bridgehead atoms. The summed E-state index contributed by atoms with van der Waals surface area (Å²) in [5, 5.41) is 4.04. The lowest BCUT2D eigenvalue weighted by Crippen LogP contribution is -2.47. The first-order valence-corrected chi connectivity index (χ1v) is 6.57. The number of hydrogen-bond acceptors (Lipinski definition) is 4. The number of aromatic nitrogens is 2. The molecule has 0 radical (unpaired) electrons. The van der Waals surface area contributed by atoms with Gasteiger partial charge < -0.3 is 10.5 Å². The third-order valence-electron chi connectivity index (χ3n) is 4.38. The highest BCUT2D eigenvalue weighted by Gasteiger charge is 2.44. The summed E-state index contributed by atoms with van der Waals surface area (Å²) in [5.41, 5.74) is 6.44. The number of hydrogen-bond donors (Lipinski definition) is 1. The van der Waals surface area contributed by atoms with E-state index in [0.717, 1.165) is 25.7 Å². The molecule has 1 unspecified atom stereocenters. The van der Waals surface area contributed by atoms with Crippen molar-refractivity contribution in [2.24, 2.45) is 13.0 Å². The number of nitrogens with two attached hydrogens (primary N) is 1. The largest absolute Gasteiger partial charge is 0.383 e. The topological polar surface area (TPSA) is 70.1 Å². The van der Waals surface area contributed by atoms with Crippen LogP contribution < -0.4 is 5.73 Å². The minimum absolute atomic E-state index is 0.00442. The molecule has 1 aromatic heterocycles. The van der Waals surface area contributed by atoms with Crippen LogP contribution in [-0.2, 0) is 11.8 Å². The monoisotopic (exact) mass is 249 g/mol. The maximum Gasteiger partial charge on any atom is 0.171 e. The Bertz CT molecular complexity index is 477. The molecule has 1 aromatic rings. The predicted octanol–water partition coefficient (Wildman–Crippen LogP) is 1.53. The lowest BCUT2D eigenvalue weighted by molar-refractivity contribution is -0.137. The number of anilines is 1. The highest BCUT2D eigenvalue weighted by Crippen LogP contribution is 2.45. The van der Waals surface area contributed by atoms with Crippen molar-refractivity contribution in [2.75, 3.05) is 12.3 Å². The SMILES string of the molecule is Cn1ncc(C(=O)C2CCOC3(CCC3)C2)c1N. The van der Waals surface area contributed by atoms with Gasteiger partial charge in [0, 0.05) is 19.6 Å². The van der Waals surface area contributed by atoms with Crippen LogP contribution in [0.5, 0.6) is 0 Å². The van der Waals surface area contributed by atoms with Gasteiger partial charge in [-0.25, -0.2) is 0 Å². The van der Waals surface area contributed by atoms with E-state index in [2.05, 4.69) is 5.10 Å². The lowest BCUT2D eigenvalue weighted by atomic mass is 9.70. The van der Waals surface area contributed by atoms with Gasteiger partial charge in [0.15, 0.2) is 5.78 Å². The first-order chi connectivity index (χ1) is 8.61. The molecular formula is C13H19N3O2. The van der Waals surface area contributed by atoms with E-state index in [1.807, 2.05) is 0 Å². The number of carbonyl (C=O) groups is 1. The van der Waals surface area contributed by atoms with Crippen LogP contribution >= 0.6 is 0 Å². The predicted molar refractivity (Wildman–Crippen MR) is 67.2 cm³/mol. The van der Waals surface area contributed by atoms with Crippen molar-refractivity contribution < 1.29 is 9.53 Å². The van der Waals surface area contributed by atoms with Gasteiger partial charge >= 0.3 is 0 Å². The summed E-state index contributed by atoms with van der Waals surface area (Å²) in [4.78, 5) is 12.5. The number of nitrogens with zero attached hydrogens (tertiary/aromatic N) is 2. The lowest BCUT2D eigenvalue weighted by Gasteiger charge is -2.46. The van der Waals surface area contributed by atoms with Crippen LogP contribution in [0, 0.1) is 5.92 Å². The standard InChI is InChI=1S/C13H19N3O2/c1-16-12(14)10(8-15-16)11(17)9-3-6-18-13(7-9)4-2-5-13/h8-9H,2-7,14H2,1H3. The average Bonchev–Trinajstić information content (AvgIpc) is 2.67. The summed E-state index contributed by atoms with van der Waals surface area (Å²) in [5.74, 6) is 0.648. The molecular weight excluding hydrogens is 230 g/mol. The van der Waals surface area contributed by atoms with Crippen molar-refractivity contribution in [3.63, 3.8) is 0 Å². The fourth-order valence-electron chi connectivity index (χ4n) is 3.03. The van der Waals surface area contributed by atoms with Crippen LogP contribution in [0.15, 0.2) is 6.20 Å². The fourth-order valence-corrected chi connectivity index (χ4v) is 3.03. The van der Waals surface area contributed by atoms with Gasteiger partial charge in [-0.05, 0) is 32.1 Å². The summed E-state index contributed by atoms with van der Waals surface area (Å²) in [6.07, 6.45) is 6.64.